The number of hydrogen-bond donors (Lipinski definition) is 0. The number of ether oxygens (including phenoxy) is 1. The molecule has 1 aliphatic rings. The van der Waals surface area contributed by atoms with Crippen LogP contribution in [0.3, 0.4) is 0 Å². The maximum atomic E-state index is 6.02. The van der Waals surface area contributed by atoms with Gasteiger partial charge in [-0.15, -0.1) is 0 Å². The summed E-state index contributed by atoms with van der Waals surface area (Å²) in [6.45, 7) is 19.3. The van der Waals surface area contributed by atoms with Crippen molar-refractivity contribution in [3.05, 3.63) is 0 Å². The van der Waals surface area contributed by atoms with Gasteiger partial charge in [-0.2, -0.15) is 4.58 Å². The fraction of sp³-hybridized carbons (Fsp3) is 0.938. The Morgan fingerprint density at radius 2 is 1.44 bits per heavy atom. The molecule has 1 rings (SSSR count). The highest BCUT2D eigenvalue weighted by Crippen LogP contribution is 2.30. The Morgan fingerprint density at radius 3 is 1.78 bits per heavy atom. The Hall–Kier alpha value is -0.530. The molecule has 0 spiro atoms. The molecular formula is C16H32NO+. The zero-order chi connectivity index (χ0) is 14.0. The van der Waals surface area contributed by atoms with Crippen LogP contribution < -0.4 is 0 Å². The topological polar surface area (TPSA) is 12.2 Å². The van der Waals surface area contributed by atoms with Gasteiger partial charge in [0.2, 0.25) is 0 Å². The first-order valence-electron chi connectivity index (χ1n) is 7.55. The van der Waals surface area contributed by atoms with Crippen LogP contribution in [-0.4, -0.2) is 29.2 Å². The molecule has 0 radical (unpaired) electrons. The summed E-state index contributed by atoms with van der Waals surface area (Å²) in [4.78, 5) is 0. The summed E-state index contributed by atoms with van der Waals surface area (Å²) in [6, 6.07) is 1.07. The Labute approximate surface area is 113 Å². The van der Waals surface area contributed by atoms with Crippen molar-refractivity contribution in [2.75, 3.05) is 6.61 Å². The van der Waals surface area contributed by atoms with Crippen molar-refractivity contribution in [3.8, 4) is 0 Å². The first-order valence-corrected chi connectivity index (χ1v) is 7.55. The quantitative estimate of drug-likeness (QED) is 0.680. The van der Waals surface area contributed by atoms with E-state index in [1.54, 1.807) is 0 Å². The van der Waals surface area contributed by atoms with Gasteiger partial charge in [-0.05, 0) is 39.5 Å². The molecule has 0 amide bonds. The van der Waals surface area contributed by atoms with Crippen LogP contribution >= 0.6 is 0 Å². The third-order valence-electron chi connectivity index (χ3n) is 4.05. The van der Waals surface area contributed by atoms with E-state index in [2.05, 4.69) is 60.0 Å². The van der Waals surface area contributed by atoms with Crippen LogP contribution in [-0.2, 0) is 4.74 Å². The normalized spacial score (nSPS) is 21.1. The summed E-state index contributed by atoms with van der Waals surface area (Å²) < 4.78 is 8.56. The van der Waals surface area contributed by atoms with Crippen LogP contribution in [0.5, 0.6) is 0 Å². The van der Waals surface area contributed by atoms with E-state index in [1.165, 1.54) is 5.90 Å². The monoisotopic (exact) mass is 254 g/mol. The summed E-state index contributed by atoms with van der Waals surface area (Å²) in [6.07, 6.45) is 0. The lowest BCUT2D eigenvalue weighted by Crippen LogP contribution is -2.42. The largest absolute Gasteiger partial charge is 0.441 e. The molecule has 0 bridgehead atoms. The molecule has 1 heterocycles. The van der Waals surface area contributed by atoms with E-state index in [4.69, 9.17) is 4.74 Å². The molecule has 0 saturated heterocycles. The Bertz CT molecular complexity index is 294. The summed E-state index contributed by atoms with van der Waals surface area (Å²) in [5.41, 5.74) is 0. The highest BCUT2D eigenvalue weighted by molar-refractivity contribution is 5.74. The van der Waals surface area contributed by atoms with Crippen LogP contribution in [0, 0.1) is 23.7 Å². The van der Waals surface area contributed by atoms with E-state index in [0.717, 1.165) is 6.61 Å². The number of rotatable bonds is 5. The van der Waals surface area contributed by atoms with Crippen LogP contribution in [0.4, 0.5) is 0 Å². The fourth-order valence-corrected chi connectivity index (χ4v) is 3.55. The average Bonchev–Trinajstić information content (AvgIpc) is 2.60. The molecule has 0 saturated carbocycles. The van der Waals surface area contributed by atoms with Crippen LogP contribution in [0.15, 0.2) is 0 Å². The Kier molecular flexibility index (Phi) is 5.24. The lowest BCUT2D eigenvalue weighted by Gasteiger charge is -2.28. The highest BCUT2D eigenvalue weighted by atomic mass is 16.5. The zero-order valence-corrected chi connectivity index (χ0v) is 13.5. The van der Waals surface area contributed by atoms with Gasteiger partial charge in [0.05, 0.1) is 5.92 Å². The van der Waals surface area contributed by atoms with Crippen molar-refractivity contribution < 1.29 is 9.31 Å². The first kappa shape index (κ1) is 15.5. The second-order valence-electron chi connectivity index (χ2n) is 6.94. The van der Waals surface area contributed by atoms with Crippen molar-refractivity contribution in [2.24, 2.45) is 23.7 Å². The van der Waals surface area contributed by atoms with Gasteiger partial charge in [0.25, 0.3) is 0 Å². The molecule has 1 atom stereocenters. The zero-order valence-electron chi connectivity index (χ0n) is 13.5. The molecule has 0 aromatic rings. The predicted molar refractivity (Wildman–Crippen MR) is 78.1 cm³/mol. The maximum Gasteiger partial charge on any atom is 0.339 e. The van der Waals surface area contributed by atoms with Crippen molar-refractivity contribution in [1.82, 2.24) is 0 Å². The molecule has 0 aromatic heterocycles. The van der Waals surface area contributed by atoms with Crippen LogP contribution in [0.2, 0.25) is 0 Å². The Morgan fingerprint density at radius 1 is 0.944 bits per heavy atom. The molecule has 1 aliphatic heterocycles. The standard InChI is InChI=1S/C16H32NO/c1-10(2)15(11(3)4)14-9-18-16(12(5)6)17(14)13(7)8/h10-15H,9H2,1-8H3/q+1/t14-/m1/s1. The molecule has 2 heteroatoms. The molecular weight excluding hydrogens is 222 g/mol. The van der Waals surface area contributed by atoms with E-state index in [1.807, 2.05) is 0 Å². The van der Waals surface area contributed by atoms with Gasteiger partial charge in [0, 0.05) is 5.92 Å². The number of hydrogen-bond acceptors (Lipinski definition) is 1. The van der Waals surface area contributed by atoms with Crippen molar-refractivity contribution in [1.29, 1.82) is 0 Å². The summed E-state index contributed by atoms with van der Waals surface area (Å²) >= 11 is 0. The predicted octanol–water partition coefficient (Wildman–Crippen LogP) is 3.79. The van der Waals surface area contributed by atoms with Crippen LogP contribution in [0.1, 0.15) is 55.4 Å². The maximum absolute atomic E-state index is 6.02. The molecule has 0 unspecified atom stereocenters. The smallest absolute Gasteiger partial charge is 0.339 e. The fourth-order valence-electron chi connectivity index (χ4n) is 3.55. The van der Waals surface area contributed by atoms with Gasteiger partial charge in [-0.1, -0.05) is 27.7 Å². The van der Waals surface area contributed by atoms with Crippen molar-refractivity contribution >= 4 is 5.90 Å². The summed E-state index contributed by atoms with van der Waals surface area (Å²) in [7, 11) is 0. The SMILES string of the molecule is CC(C)C1=[N+](C(C)C)[C@@H](C(C(C)C)C(C)C)CO1. The van der Waals surface area contributed by atoms with Crippen molar-refractivity contribution in [3.63, 3.8) is 0 Å². The van der Waals surface area contributed by atoms with E-state index >= 15 is 0 Å². The molecule has 0 N–H and O–H groups in total. The van der Waals surface area contributed by atoms with Crippen LogP contribution in [0.25, 0.3) is 0 Å². The Balaban J connectivity index is 3.09. The first-order chi connectivity index (χ1) is 8.27. The lowest BCUT2D eigenvalue weighted by molar-refractivity contribution is -0.597. The second-order valence-corrected chi connectivity index (χ2v) is 6.94. The van der Waals surface area contributed by atoms with Gasteiger partial charge < -0.3 is 4.74 Å². The minimum Gasteiger partial charge on any atom is -0.441 e. The van der Waals surface area contributed by atoms with Gasteiger partial charge in [-0.25, -0.2) is 0 Å². The molecule has 0 aromatic carbocycles. The lowest BCUT2D eigenvalue weighted by atomic mass is 9.79. The van der Waals surface area contributed by atoms with Gasteiger partial charge in [0.15, 0.2) is 18.7 Å². The number of nitrogens with zero attached hydrogens (tertiary/aromatic N) is 1. The molecule has 2 nitrogen and oxygen atoms in total. The third-order valence-corrected chi connectivity index (χ3v) is 4.05. The minimum absolute atomic E-state index is 0.484. The minimum atomic E-state index is 0.484. The summed E-state index contributed by atoms with van der Waals surface area (Å²) in [5, 5.41) is 0. The van der Waals surface area contributed by atoms with Crippen molar-refractivity contribution in [2.45, 2.75) is 67.5 Å². The van der Waals surface area contributed by atoms with Gasteiger partial charge >= 0.3 is 5.90 Å². The van der Waals surface area contributed by atoms with E-state index in [-0.39, 0.29) is 0 Å². The molecule has 18 heavy (non-hydrogen) atoms. The van der Waals surface area contributed by atoms with E-state index < -0.39 is 0 Å². The second kappa shape index (κ2) is 6.08. The average molecular weight is 254 g/mol. The molecule has 106 valence electrons. The van der Waals surface area contributed by atoms with E-state index in [9.17, 15) is 0 Å². The van der Waals surface area contributed by atoms with Gasteiger partial charge in [0.1, 0.15) is 0 Å². The third kappa shape index (κ3) is 3.07. The summed E-state index contributed by atoms with van der Waals surface area (Å²) in [5.74, 6) is 3.78. The van der Waals surface area contributed by atoms with Gasteiger partial charge in [-0.3, -0.25) is 0 Å². The highest BCUT2D eigenvalue weighted by Gasteiger charge is 2.44. The molecule has 0 aliphatic carbocycles. The molecule has 0 fully saturated rings. The van der Waals surface area contributed by atoms with E-state index in [0.29, 0.717) is 35.8 Å².